The van der Waals surface area contributed by atoms with Gasteiger partial charge in [-0.3, -0.25) is 0 Å². The third kappa shape index (κ3) is 3.96. The van der Waals surface area contributed by atoms with Gasteiger partial charge >= 0.3 is 6.09 Å². The monoisotopic (exact) mass is 471 g/mol. The van der Waals surface area contributed by atoms with Gasteiger partial charge in [-0.05, 0) is 22.8 Å². The van der Waals surface area contributed by atoms with Crippen molar-refractivity contribution in [3.63, 3.8) is 0 Å². The molecule has 1 aliphatic heterocycles. The van der Waals surface area contributed by atoms with E-state index < -0.39 is 35.0 Å². The maximum absolute atomic E-state index is 15.0. The second-order valence-corrected chi connectivity index (χ2v) is 8.29. The molecule has 1 amide bonds. The minimum atomic E-state index is -2.11. The molecule has 0 saturated carbocycles. The Morgan fingerprint density at radius 2 is 1.86 bits per heavy atom. The number of carbonyl (C=O) groups is 1. The van der Waals surface area contributed by atoms with Gasteiger partial charge in [-0.15, -0.1) is 0 Å². The van der Waals surface area contributed by atoms with Crippen molar-refractivity contribution in [2.45, 2.75) is 12.5 Å². The van der Waals surface area contributed by atoms with Crippen LogP contribution in [0.2, 0.25) is 0 Å². The van der Waals surface area contributed by atoms with Gasteiger partial charge in [0, 0.05) is 31.0 Å². The zero-order valence-electron chi connectivity index (χ0n) is 18.4. The van der Waals surface area contributed by atoms with Gasteiger partial charge in [0.2, 0.25) is 0 Å². The summed E-state index contributed by atoms with van der Waals surface area (Å²) in [7, 11) is 0. The summed E-state index contributed by atoms with van der Waals surface area (Å²) in [6.45, 7) is 0.0528. The number of ether oxygens (including phenoxy) is 1. The van der Waals surface area contributed by atoms with E-state index in [4.69, 9.17) is 10.5 Å². The molecule has 0 fully saturated rings. The highest BCUT2D eigenvalue weighted by Gasteiger charge is 2.55. The predicted octanol–water partition coefficient (Wildman–Crippen LogP) is 4.03. The maximum Gasteiger partial charge on any atom is 0.410 e. The number of nitrogens with two attached hydrogens (primary N) is 1. The molecule has 0 spiro atoms. The topological polar surface area (TPSA) is 127 Å². The summed E-state index contributed by atoms with van der Waals surface area (Å²) in [6, 6.07) is 17.6. The van der Waals surface area contributed by atoms with Crippen molar-refractivity contribution in [2.75, 3.05) is 13.1 Å². The first kappa shape index (κ1) is 23.5. The SMILES string of the molecule is N#CC1=C(N)C(C#N)(C#N)C(c2ccc(F)cc2F)C2CN(C(=O)OCc3ccccc3)CC=C12. The van der Waals surface area contributed by atoms with E-state index in [1.165, 1.54) is 4.90 Å². The van der Waals surface area contributed by atoms with Crippen LogP contribution in [-0.2, 0) is 11.3 Å². The molecule has 0 aromatic heterocycles. The Labute approximate surface area is 200 Å². The number of benzene rings is 2. The Morgan fingerprint density at radius 3 is 2.49 bits per heavy atom. The molecule has 9 heteroatoms. The summed E-state index contributed by atoms with van der Waals surface area (Å²) >= 11 is 0. The number of nitriles is 3. The van der Waals surface area contributed by atoms with E-state index in [0.29, 0.717) is 11.6 Å². The summed E-state index contributed by atoms with van der Waals surface area (Å²) in [5.74, 6) is -3.82. The van der Waals surface area contributed by atoms with Gasteiger partial charge in [-0.25, -0.2) is 13.6 Å². The van der Waals surface area contributed by atoms with Gasteiger partial charge in [-0.1, -0.05) is 42.5 Å². The van der Waals surface area contributed by atoms with Crippen molar-refractivity contribution in [3.05, 3.63) is 94.2 Å². The number of hydrogen-bond acceptors (Lipinski definition) is 6. The standard InChI is InChI=1S/C26H19F2N5O2/c27-17-6-7-19(22(28)10-17)23-21-12-33(25(34)35-13-16-4-2-1-3-5-16)9-8-18(21)20(11-29)24(32)26(23,14-30)15-31/h1-8,10,21,23H,9,12-13,32H2. The van der Waals surface area contributed by atoms with E-state index in [1.807, 2.05) is 36.4 Å². The molecule has 2 unspecified atom stereocenters. The lowest BCUT2D eigenvalue weighted by atomic mass is 9.58. The molecule has 174 valence electrons. The molecule has 1 heterocycles. The molecule has 1 aliphatic carbocycles. The third-order valence-corrected chi connectivity index (χ3v) is 6.43. The van der Waals surface area contributed by atoms with Crippen LogP contribution in [0, 0.1) is 57.0 Å². The summed E-state index contributed by atoms with van der Waals surface area (Å²) in [5, 5.41) is 29.9. The van der Waals surface area contributed by atoms with Crippen molar-refractivity contribution in [1.82, 2.24) is 4.90 Å². The summed E-state index contributed by atoms with van der Waals surface area (Å²) in [6.07, 6.45) is 0.944. The maximum atomic E-state index is 15.0. The van der Waals surface area contributed by atoms with Crippen molar-refractivity contribution >= 4 is 6.09 Å². The number of carbonyl (C=O) groups excluding carboxylic acids is 1. The highest BCUT2D eigenvalue weighted by molar-refractivity contribution is 5.69. The molecule has 2 aromatic rings. The lowest BCUT2D eigenvalue weighted by Crippen LogP contribution is -2.49. The Bertz CT molecular complexity index is 1350. The van der Waals surface area contributed by atoms with Crippen LogP contribution < -0.4 is 5.73 Å². The van der Waals surface area contributed by atoms with Crippen LogP contribution in [0.5, 0.6) is 0 Å². The van der Waals surface area contributed by atoms with Gasteiger partial charge in [0.25, 0.3) is 0 Å². The van der Waals surface area contributed by atoms with Gasteiger partial charge in [0.1, 0.15) is 24.3 Å². The number of nitrogens with zero attached hydrogens (tertiary/aromatic N) is 4. The fourth-order valence-corrected chi connectivity index (χ4v) is 4.74. The van der Waals surface area contributed by atoms with Crippen molar-refractivity contribution in [3.8, 4) is 18.2 Å². The molecular formula is C26H19F2N5O2. The van der Waals surface area contributed by atoms with Gasteiger partial charge in [-0.2, -0.15) is 15.8 Å². The van der Waals surface area contributed by atoms with E-state index in [0.717, 1.165) is 17.7 Å². The van der Waals surface area contributed by atoms with Crippen LogP contribution >= 0.6 is 0 Å². The largest absolute Gasteiger partial charge is 0.445 e. The number of allylic oxidation sites excluding steroid dienone is 2. The van der Waals surface area contributed by atoms with E-state index in [9.17, 15) is 29.4 Å². The van der Waals surface area contributed by atoms with Crippen molar-refractivity contribution in [1.29, 1.82) is 15.8 Å². The Hall–Kier alpha value is -4.68. The molecule has 2 atom stereocenters. The number of amides is 1. The molecule has 0 bridgehead atoms. The molecule has 2 aliphatic rings. The van der Waals surface area contributed by atoms with Gasteiger partial charge in [0.15, 0.2) is 5.41 Å². The zero-order chi connectivity index (χ0) is 25.2. The lowest BCUT2D eigenvalue weighted by Gasteiger charge is -2.45. The van der Waals surface area contributed by atoms with Crippen molar-refractivity contribution in [2.24, 2.45) is 17.1 Å². The number of hydrogen-bond donors (Lipinski definition) is 1. The average Bonchev–Trinajstić information content (AvgIpc) is 2.87. The minimum Gasteiger partial charge on any atom is -0.445 e. The van der Waals surface area contributed by atoms with Crippen LogP contribution in [-0.4, -0.2) is 24.1 Å². The van der Waals surface area contributed by atoms with Crippen LogP contribution in [0.4, 0.5) is 13.6 Å². The number of fused-ring (bicyclic) bond motifs is 1. The van der Waals surface area contributed by atoms with Crippen molar-refractivity contribution < 1.29 is 18.3 Å². The number of rotatable bonds is 3. The lowest BCUT2D eigenvalue weighted by molar-refractivity contribution is 0.0897. The van der Waals surface area contributed by atoms with E-state index >= 15 is 0 Å². The van der Waals surface area contributed by atoms with E-state index in [2.05, 4.69) is 0 Å². The summed E-state index contributed by atoms with van der Waals surface area (Å²) in [5.41, 5.74) is 4.82. The summed E-state index contributed by atoms with van der Waals surface area (Å²) < 4.78 is 34.0. The van der Waals surface area contributed by atoms with Gasteiger partial charge < -0.3 is 15.4 Å². The molecule has 0 radical (unpaired) electrons. The average molecular weight is 471 g/mol. The molecule has 7 nitrogen and oxygen atoms in total. The predicted molar refractivity (Wildman–Crippen MR) is 119 cm³/mol. The molecule has 2 N–H and O–H groups in total. The van der Waals surface area contributed by atoms with E-state index in [1.54, 1.807) is 18.2 Å². The van der Waals surface area contributed by atoms with Crippen LogP contribution in [0.15, 0.2) is 71.5 Å². The number of halogens is 2. The highest BCUT2D eigenvalue weighted by atomic mass is 19.1. The summed E-state index contributed by atoms with van der Waals surface area (Å²) in [4.78, 5) is 14.2. The Kier molecular flexibility index (Phi) is 6.23. The highest BCUT2D eigenvalue weighted by Crippen LogP contribution is 2.54. The second-order valence-electron chi connectivity index (χ2n) is 8.29. The first-order valence-corrected chi connectivity index (χ1v) is 10.7. The Morgan fingerprint density at radius 1 is 1.14 bits per heavy atom. The van der Waals surface area contributed by atoms with Crippen LogP contribution in [0.3, 0.4) is 0 Å². The molecule has 2 aromatic carbocycles. The normalized spacial score (nSPS) is 20.5. The molecule has 35 heavy (non-hydrogen) atoms. The fourth-order valence-electron chi connectivity index (χ4n) is 4.74. The van der Waals surface area contributed by atoms with Crippen LogP contribution in [0.1, 0.15) is 17.0 Å². The first-order chi connectivity index (χ1) is 16.9. The smallest absolute Gasteiger partial charge is 0.410 e. The minimum absolute atomic E-state index is 0.0318. The van der Waals surface area contributed by atoms with E-state index in [-0.39, 0.29) is 36.5 Å². The zero-order valence-corrected chi connectivity index (χ0v) is 18.4. The first-order valence-electron chi connectivity index (χ1n) is 10.7. The Balaban J connectivity index is 1.76. The molecule has 0 saturated heterocycles. The second kappa shape index (κ2) is 9.29. The molecular weight excluding hydrogens is 452 g/mol. The third-order valence-electron chi connectivity index (χ3n) is 6.43. The van der Waals surface area contributed by atoms with Gasteiger partial charge in [0.05, 0.1) is 23.4 Å². The molecule has 4 rings (SSSR count). The fraction of sp³-hybridized carbons (Fsp3) is 0.231. The van der Waals surface area contributed by atoms with Crippen LogP contribution in [0.25, 0.3) is 0 Å². The quantitative estimate of drug-likeness (QED) is 0.720.